The number of carbonyl (C=O) groups excluding carboxylic acids is 1. The first kappa shape index (κ1) is 18.4. The largest absolute Gasteiger partial charge is 0.342 e. The summed E-state index contributed by atoms with van der Waals surface area (Å²) in [5.74, 6) is 2.16. The van der Waals surface area contributed by atoms with Gasteiger partial charge in [0.2, 0.25) is 15.9 Å². The maximum Gasteiger partial charge on any atom is 0.223 e. The Kier molecular flexibility index (Phi) is 5.78. The number of imidazole rings is 1. The predicted molar refractivity (Wildman–Crippen MR) is 95.6 cm³/mol. The van der Waals surface area contributed by atoms with Gasteiger partial charge < -0.3 is 9.47 Å². The van der Waals surface area contributed by atoms with Crippen LogP contribution in [-0.4, -0.2) is 54.7 Å². The first-order chi connectivity index (χ1) is 11.9. The highest BCUT2D eigenvalue weighted by molar-refractivity contribution is 7.88. The van der Waals surface area contributed by atoms with E-state index in [1.807, 2.05) is 11.1 Å². The minimum Gasteiger partial charge on any atom is -0.342 e. The van der Waals surface area contributed by atoms with Crippen molar-refractivity contribution in [1.82, 2.24) is 19.2 Å². The summed E-state index contributed by atoms with van der Waals surface area (Å²) in [4.78, 5) is 18.8. The van der Waals surface area contributed by atoms with E-state index in [-0.39, 0.29) is 24.8 Å². The molecular weight excluding hydrogens is 340 g/mol. The number of hydrogen-bond acceptors (Lipinski definition) is 4. The van der Waals surface area contributed by atoms with Crippen LogP contribution in [0.25, 0.3) is 0 Å². The molecule has 1 aliphatic heterocycles. The molecule has 8 heteroatoms. The van der Waals surface area contributed by atoms with Gasteiger partial charge in [-0.25, -0.2) is 18.1 Å². The summed E-state index contributed by atoms with van der Waals surface area (Å²) < 4.78 is 26.9. The molecule has 1 atom stereocenters. The van der Waals surface area contributed by atoms with E-state index < -0.39 is 10.0 Å². The summed E-state index contributed by atoms with van der Waals surface area (Å²) in [6.45, 7) is 2.63. The van der Waals surface area contributed by atoms with Crippen molar-refractivity contribution < 1.29 is 13.2 Å². The van der Waals surface area contributed by atoms with Crippen molar-refractivity contribution in [3.63, 3.8) is 0 Å². The maximum atomic E-state index is 12.4. The van der Waals surface area contributed by atoms with Crippen LogP contribution in [0.15, 0.2) is 12.4 Å². The van der Waals surface area contributed by atoms with Crippen molar-refractivity contribution in [3.05, 3.63) is 18.2 Å². The Bertz CT molecular complexity index is 697. The third-order valence-electron chi connectivity index (χ3n) is 5.27. The zero-order chi connectivity index (χ0) is 17.9. The second kappa shape index (κ2) is 7.86. The van der Waals surface area contributed by atoms with Crippen LogP contribution >= 0.6 is 0 Å². The molecule has 25 heavy (non-hydrogen) atoms. The van der Waals surface area contributed by atoms with Gasteiger partial charge >= 0.3 is 0 Å². The van der Waals surface area contributed by atoms with Crippen molar-refractivity contribution in [1.29, 1.82) is 0 Å². The molecule has 1 amide bonds. The average Bonchev–Trinajstić information content (AvgIpc) is 2.98. The fourth-order valence-electron chi connectivity index (χ4n) is 3.70. The van der Waals surface area contributed by atoms with Gasteiger partial charge in [0.25, 0.3) is 0 Å². The highest BCUT2D eigenvalue weighted by Crippen LogP contribution is 2.31. The van der Waals surface area contributed by atoms with Crippen LogP contribution in [0.2, 0.25) is 0 Å². The molecule has 0 aromatic carbocycles. The normalized spacial score (nSPS) is 22.0. The Morgan fingerprint density at radius 3 is 2.80 bits per heavy atom. The molecule has 1 aromatic heterocycles. The first-order valence-electron chi connectivity index (χ1n) is 9.16. The van der Waals surface area contributed by atoms with Gasteiger partial charge in [-0.15, -0.1) is 0 Å². The average molecular weight is 369 g/mol. The summed E-state index contributed by atoms with van der Waals surface area (Å²) in [5.41, 5.74) is 0. The van der Waals surface area contributed by atoms with E-state index >= 15 is 0 Å². The van der Waals surface area contributed by atoms with Crippen LogP contribution in [0.5, 0.6) is 0 Å². The highest BCUT2D eigenvalue weighted by atomic mass is 32.2. The first-order valence-corrected chi connectivity index (χ1v) is 11.0. The van der Waals surface area contributed by atoms with E-state index in [0.717, 1.165) is 43.9 Å². The van der Waals surface area contributed by atoms with Gasteiger partial charge in [-0.05, 0) is 31.6 Å². The van der Waals surface area contributed by atoms with Crippen molar-refractivity contribution in [3.8, 4) is 0 Å². The quantitative estimate of drug-likeness (QED) is 0.787. The van der Waals surface area contributed by atoms with Gasteiger partial charge in [0, 0.05) is 50.9 Å². The number of piperidine rings is 1. The Labute approximate surface area is 149 Å². The van der Waals surface area contributed by atoms with Crippen LogP contribution in [0.4, 0.5) is 0 Å². The number of aromatic nitrogens is 2. The summed E-state index contributed by atoms with van der Waals surface area (Å²) in [6, 6.07) is 0. The number of sulfonamides is 1. The van der Waals surface area contributed by atoms with E-state index in [0.29, 0.717) is 6.54 Å². The van der Waals surface area contributed by atoms with Gasteiger partial charge in [-0.3, -0.25) is 4.79 Å². The maximum absolute atomic E-state index is 12.4. The van der Waals surface area contributed by atoms with Crippen molar-refractivity contribution in [2.24, 2.45) is 5.92 Å². The number of likely N-dealkylation sites (tertiary alicyclic amines) is 1. The third-order valence-corrected chi connectivity index (χ3v) is 6.00. The SMILES string of the molecule is CS(=O)(=O)NCCC(=O)N1CCC[C@H](c2nccn2CC2CCC2)C1. The number of rotatable bonds is 7. The topological polar surface area (TPSA) is 84.3 Å². The van der Waals surface area contributed by atoms with Gasteiger partial charge in [0.05, 0.1) is 6.26 Å². The van der Waals surface area contributed by atoms with Crippen LogP contribution in [0, 0.1) is 5.92 Å². The standard InChI is InChI=1S/C17H28N4O3S/c1-25(23,24)19-8-7-16(22)20-10-3-6-15(13-20)17-18-9-11-21(17)12-14-4-2-5-14/h9,11,14-15,19H,2-8,10,12-13H2,1H3/t15-/m0/s1. The fourth-order valence-corrected chi connectivity index (χ4v) is 4.18. The minimum atomic E-state index is -3.25. The predicted octanol–water partition coefficient (Wildman–Crippen LogP) is 1.33. The van der Waals surface area contributed by atoms with Crippen LogP contribution in [0.3, 0.4) is 0 Å². The molecule has 1 aromatic rings. The van der Waals surface area contributed by atoms with E-state index in [2.05, 4.69) is 20.5 Å². The number of nitrogens with zero attached hydrogens (tertiary/aromatic N) is 3. The van der Waals surface area contributed by atoms with Crippen molar-refractivity contribution in [2.45, 2.75) is 51.0 Å². The molecule has 1 saturated heterocycles. The van der Waals surface area contributed by atoms with Crippen LogP contribution in [0.1, 0.15) is 50.3 Å². The van der Waals surface area contributed by atoms with E-state index in [9.17, 15) is 13.2 Å². The molecule has 1 saturated carbocycles. The molecule has 2 heterocycles. The second-order valence-corrected chi connectivity index (χ2v) is 9.16. The molecule has 7 nitrogen and oxygen atoms in total. The van der Waals surface area contributed by atoms with Crippen LogP contribution in [-0.2, 0) is 21.4 Å². The zero-order valence-corrected chi connectivity index (χ0v) is 15.7. The summed E-state index contributed by atoms with van der Waals surface area (Å²) >= 11 is 0. The Morgan fingerprint density at radius 2 is 2.12 bits per heavy atom. The number of hydrogen-bond donors (Lipinski definition) is 1. The monoisotopic (exact) mass is 368 g/mol. The van der Waals surface area contributed by atoms with E-state index in [4.69, 9.17) is 0 Å². The summed E-state index contributed by atoms with van der Waals surface area (Å²) in [5, 5.41) is 0. The molecule has 1 N–H and O–H groups in total. The summed E-state index contributed by atoms with van der Waals surface area (Å²) in [6.07, 6.45) is 11.2. The lowest BCUT2D eigenvalue weighted by atomic mass is 9.85. The summed E-state index contributed by atoms with van der Waals surface area (Å²) in [7, 11) is -3.25. The molecule has 0 spiro atoms. The third kappa shape index (κ3) is 5.04. The lowest BCUT2D eigenvalue weighted by molar-refractivity contribution is -0.132. The molecule has 2 aliphatic rings. The van der Waals surface area contributed by atoms with Gasteiger partial charge in [-0.2, -0.15) is 0 Å². The van der Waals surface area contributed by atoms with E-state index in [1.54, 1.807) is 0 Å². The molecular formula is C17H28N4O3S. The van der Waals surface area contributed by atoms with Crippen LogP contribution < -0.4 is 4.72 Å². The second-order valence-electron chi connectivity index (χ2n) is 7.33. The number of nitrogens with one attached hydrogen (secondary N) is 1. The molecule has 2 fully saturated rings. The Balaban J connectivity index is 1.56. The van der Waals surface area contributed by atoms with Gasteiger partial charge in [0.1, 0.15) is 5.82 Å². The Morgan fingerprint density at radius 1 is 1.32 bits per heavy atom. The van der Waals surface area contributed by atoms with Crippen molar-refractivity contribution >= 4 is 15.9 Å². The molecule has 0 unspecified atom stereocenters. The number of amides is 1. The molecule has 1 aliphatic carbocycles. The fraction of sp³-hybridized carbons (Fsp3) is 0.765. The molecule has 140 valence electrons. The molecule has 0 bridgehead atoms. The smallest absolute Gasteiger partial charge is 0.223 e. The Hall–Kier alpha value is -1.41. The highest BCUT2D eigenvalue weighted by Gasteiger charge is 2.28. The van der Waals surface area contributed by atoms with Crippen molar-refractivity contribution in [2.75, 3.05) is 25.9 Å². The minimum absolute atomic E-state index is 0.0120. The molecule has 0 radical (unpaired) electrons. The van der Waals surface area contributed by atoms with E-state index in [1.165, 1.54) is 19.3 Å². The number of carbonyl (C=O) groups is 1. The van der Waals surface area contributed by atoms with Gasteiger partial charge in [0.15, 0.2) is 0 Å². The molecule has 3 rings (SSSR count). The lowest BCUT2D eigenvalue weighted by Crippen LogP contribution is -2.41. The van der Waals surface area contributed by atoms with Gasteiger partial charge in [-0.1, -0.05) is 6.42 Å². The lowest BCUT2D eigenvalue weighted by Gasteiger charge is -2.33. The zero-order valence-electron chi connectivity index (χ0n) is 14.9.